The highest BCUT2D eigenvalue weighted by Crippen LogP contribution is 2.33. The van der Waals surface area contributed by atoms with Crippen molar-refractivity contribution in [3.8, 4) is 0 Å². The van der Waals surface area contributed by atoms with Gasteiger partial charge in [0.1, 0.15) is 0 Å². The van der Waals surface area contributed by atoms with E-state index < -0.39 is 6.10 Å². The third kappa shape index (κ3) is 2.61. The topological polar surface area (TPSA) is 26.7 Å². The minimum absolute atomic E-state index is 0.426. The van der Waals surface area contributed by atoms with Crippen LogP contribution in [0.3, 0.4) is 0 Å². The molecule has 2 aliphatic rings. The van der Waals surface area contributed by atoms with Crippen molar-refractivity contribution in [3.63, 3.8) is 0 Å². The van der Waals surface area contributed by atoms with Gasteiger partial charge in [0.25, 0.3) is 0 Å². The molecule has 20 heavy (non-hydrogen) atoms. The van der Waals surface area contributed by atoms with Crippen LogP contribution in [0.2, 0.25) is 0 Å². The Bertz CT molecular complexity index is 491. The van der Waals surface area contributed by atoms with Gasteiger partial charge in [0.15, 0.2) is 0 Å². The lowest BCUT2D eigenvalue weighted by Crippen LogP contribution is -2.36. The van der Waals surface area contributed by atoms with Gasteiger partial charge in [-0.2, -0.15) is 0 Å². The normalized spacial score (nSPS) is 28.5. The lowest BCUT2D eigenvalue weighted by atomic mass is 10.1. The van der Waals surface area contributed by atoms with Gasteiger partial charge in [0.2, 0.25) is 0 Å². The Labute approximate surface area is 129 Å². The molecule has 110 valence electrons. The van der Waals surface area contributed by atoms with Crippen LogP contribution >= 0.6 is 15.9 Å². The zero-order valence-corrected chi connectivity index (χ0v) is 13.8. The van der Waals surface area contributed by atoms with Crippen LogP contribution in [-0.4, -0.2) is 42.2 Å². The molecule has 2 bridgehead atoms. The molecule has 0 spiro atoms. The van der Waals surface area contributed by atoms with E-state index in [0.29, 0.717) is 6.04 Å². The van der Waals surface area contributed by atoms with Crippen LogP contribution in [0.5, 0.6) is 0 Å². The highest BCUT2D eigenvalue weighted by molar-refractivity contribution is 9.10. The third-order valence-corrected chi connectivity index (χ3v) is 5.63. The number of hydrogen-bond donors (Lipinski definition) is 1. The second kappa shape index (κ2) is 5.66. The Morgan fingerprint density at radius 2 is 2.00 bits per heavy atom. The number of rotatable bonds is 2. The molecule has 0 aromatic heterocycles. The van der Waals surface area contributed by atoms with Gasteiger partial charge in [-0.15, -0.1) is 0 Å². The van der Waals surface area contributed by atoms with Crippen molar-refractivity contribution in [1.29, 1.82) is 0 Å². The number of halogens is 1. The van der Waals surface area contributed by atoms with Crippen LogP contribution in [0.15, 0.2) is 22.7 Å². The van der Waals surface area contributed by atoms with Gasteiger partial charge >= 0.3 is 0 Å². The summed E-state index contributed by atoms with van der Waals surface area (Å²) in [4.78, 5) is 5.07. The first-order valence-corrected chi connectivity index (χ1v) is 8.30. The van der Waals surface area contributed by atoms with Gasteiger partial charge in [-0.1, -0.05) is 22.0 Å². The minimum Gasteiger partial charge on any atom is -0.389 e. The molecule has 1 aromatic rings. The Hall–Kier alpha value is -0.580. The fourth-order valence-electron chi connectivity index (χ4n) is 3.59. The summed E-state index contributed by atoms with van der Waals surface area (Å²) in [6, 6.07) is 7.80. The smallest absolute Gasteiger partial charge is 0.0772 e. The average molecular weight is 339 g/mol. The monoisotopic (exact) mass is 338 g/mol. The molecular formula is C16H23BrN2O. The number of aliphatic hydroxyl groups excluding tert-OH is 1. The van der Waals surface area contributed by atoms with Crippen molar-refractivity contribution in [2.75, 3.05) is 25.0 Å². The number of anilines is 1. The second-order valence-electron chi connectivity index (χ2n) is 6.17. The van der Waals surface area contributed by atoms with E-state index in [9.17, 15) is 5.11 Å². The van der Waals surface area contributed by atoms with Gasteiger partial charge in [0, 0.05) is 35.3 Å². The summed E-state index contributed by atoms with van der Waals surface area (Å²) < 4.78 is 1.01. The van der Waals surface area contributed by atoms with Crippen molar-refractivity contribution in [1.82, 2.24) is 4.90 Å². The predicted molar refractivity (Wildman–Crippen MR) is 86.2 cm³/mol. The maximum absolute atomic E-state index is 9.72. The molecule has 0 saturated carbocycles. The molecule has 3 rings (SSSR count). The average Bonchev–Trinajstić information content (AvgIpc) is 2.62. The highest BCUT2D eigenvalue weighted by atomic mass is 79.9. The number of fused-ring (bicyclic) bond motifs is 2. The van der Waals surface area contributed by atoms with E-state index in [1.807, 2.05) is 6.07 Å². The van der Waals surface area contributed by atoms with E-state index in [4.69, 9.17) is 0 Å². The molecule has 0 aliphatic carbocycles. The summed E-state index contributed by atoms with van der Waals surface area (Å²) in [7, 11) is 2.28. The molecule has 1 aromatic carbocycles. The largest absolute Gasteiger partial charge is 0.389 e. The molecule has 2 unspecified atom stereocenters. The number of benzene rings is 1. The van der Waals surface area contributed by atoms with Crippen LogP contribution in [0, 0.1) is 0 Å². The molecule has 1 N–H and O–H groups in total. The first kappa shape index (κ1) is 14.4. The highest BCUT2D eigenvalue weighted by Gasteiger charge is 2.34. The molecule has 2 saturated heterocycles. The van der Waals surface area contributed by atoms with Gasteiger partial charge in [-0.05, 0) is 50.9 Å². The van der Waals surface area contributed by atoms with Crippen LogP contribution in [0.25, 0.3) is 0 Å². The maximum atomic E-state index is 9.72. The second-order valence-corrected chi connectivity index (χ2v) is 7.02. The summed E-state index contributed by atoms with van der Waals surface area (Å²) >= 11 is 3.59. The fraction of sp³-hybridized carbons (Fsp3) is 0.625. The lowest BCUT2D eigenvalue weighted by Gasteiger charge is -2.28. The van der Waals surface area contributed by atoms with Crippen molar-refractivity contribution in [2.24, 2.45) is 0 Å². The van der Waals surface area contributed by atoms with E-state index in [2.05, 4.69) is 44.9 Å². The van der Waals surface area contributed by atoms with Gasteiger partial charge in [-0.25, -0.2) is 0 Å². The Kier molecular flexibility index (Phi) is 4.07. The first-order valence-electron chi connectivity index (χ1n) is 7.50. The molecule has 0 radical (unpaired) electrons. The predicted octanol–water partition coefficient (Wildman–Crippen LogP) is 3.18. The molecule has 4 heteroatoms. The number of hydrogen-bond acceptors (Lipinski definition) is 3. The van der Waals surface area contributed by atoms with E-state index in [1.54, 1.807) is 6.92 Å². The van der Waals surface area contributed by atoms with E-state index in [-0.39, 0.29) is 0 Å². The number of nitrogens with zero attached hydrogens (tertiary/aromatic N) is 2. The van der Waals surface area contributed by atoms with Gasteiger partial charge in [0.05, 0.1) is 6.10 Å². The Morgan fingerprint density at radius 3 is 2.70 bits per heavy atom. The Morgan fingerprint density at radius 1 is 1.25 bits per heavy atom. The molecule has 2 aliphatic heterocycles. The van der Waals surface area contributed by atoms with E-state index >= 15 is 0 Å². The first-order chi connectivity index (χ1) is 9.56. The lowest BCUT2D eigenvalue weighted by molar-refractivity contribution is 0.198. The summed E-state index contributed by atoms with van der Waals surface area (Å²) in [6.07, 6.45) is 3.51. The van der Waals surface area contributed by atoms with Gasteiger partial charge in [-0.3, -0.25) is 4.90 Å². The van der Waals surface area contributed by atoms with Gasteiger partial charge < -0.3 is 10.0 Å². The van der Waals surface area contributed by atoms with Crippen molar-refractivity contribution < 1.29 is 5.11 Å². The summed E-state index contributed by atoms with van der Waals surface area (Å²) in [5.41, 5.74) is 2.23. The molecule has 0 amide bonds. The molecule has 3 nitrogen and oxygen atoms in total. The van der Waals surface area contributed by atoms with Crippen molar-refractivity contribution in [2.45, 2.75) is 44.4 Å². The van der Waals surface area contributed by atoms with E-state index in [1.165, 1.54) is 24.9 Å². The van der Waals surface area contributed by atoms with E-state index in [0.717, 1.165) is 29.2 Å². The quantitative estimate of drug-likeness (QED) is 0.897. The van der Waals surface area contributed by atoms with Crippen molar-refractivity contribution >= 4 is 21.6 Å². The summed E-state index contributed by atoms with van der Waals surface area (Å²) in [5.74, 6) is 0. The molecule has 2 heterocycles. The van der Waals surface area contributed by atoms with Crippen LogP contribution in [-0.2, 0) is 0 Å². The zero-order chi connectivity index (χ0) is 14.3. The fourth-order valence-corrected chi connectivity index (χ4v) is 4.29. The SMILES string of the molecule is C[C@@H](O)c1ccc(N2CCC3CCC(C2)N3C)cc1Br. The summed E-state index contributed by atoms with van der Waals surface area (Å²) in [6.45, 7) is 4.05. The zero-order valence-electron chi connectivity index (χ0n) is 12.2. The number of likely N-dealkylation sites (N-methyl/N-ethyl adjacent to an activating group) is 1. The molecular weight excluding hydrogens is 316 g/mol. The standard InChI is InChI=1S/C16H23BrN2O/c1-11(20)15-6-5-13(9-16(15)17)19-8-7-12-3-4-14(10-19)18(12)2/h5-6,9,11-12,14,20H,3-4,7-8,10H2,1-2H3/t11-,12?,14?/m1/s1. The molecule has 3 atom stereocenters. The van der Waals surface area contributed by atoms with Crippen LogP contribution in [0.1, 0.15) is 37.9 Å². The van der Waals surface area contributed by atoms with Crippen molar-refractivity contribution in [3.05, 3.63) is 28.2 Å². The maximum Gasteiger partial charge on any atom is 0.0772 e. The molecule has 2 fully saturated rings. The third-order valence-electron chi connectivity index (χ3n) is 4.95. The Balaban J connectivity index is 1.81. The summed E-state index contributed by atoms with van der Waals surface area (Å²) in [5, 5.41) is 9.72. The van der Waals surface area contributed by atoms with Crippen LogP contribution in [0.4, 0.5) is 5.69 Å². The minimum atomic E-state index is -0.426. The van der Waals surface area contributed by atoms with Crippen LogP contribution < -0.4 is 4.90 Å². The number of aliphatic hydroxyl groups is 1.